The van der Waals surface area contributed by atoms with Gasteiger partial charge < -0.3 is 18.8 Å². The maximum absolute atomic E-state index is 12.3. The first kappa shape index (κ1) is 25.7. The van der Waals surface area contributed by atoms with Crippen LogP contribution in [0.1, 0.15) is 97.9 Å². The molecule has 1 atom stereocenters. The van der Waals surface area contributed by atoms with Gasteiger partial charge in [-0.25, -0.2) is 0 Å². The van der Waals surface area contributed by atoms with Crippen LogP contribution >= 0.6 is 0 Å². The van der Waals surface area contributed by atoms with Gasteiger partial charge in [0.2, 0.25) is 0 Å². The van der Waals surface area contributed by atoms with E-state index in [0.29, 0.717) is 6.61 Å². The van der Waals surface area contributed by atoms with Crippen molar-refractivity contribution in [1.29, 1.82) is 0 Å². The number of unbranched alkanes of at least 4 members (excludes halogenated alkanes) is 5. The van der Waals surface area contributed by atoms with Crippen LogP contribution in [0.25, 0.3) is 0 Å². The molecule has 1 aliphatic heterocycles. The first-order chi connectivity index (χ1) is 14.7. The van der Waals surface area contributed by atoms with E-state index in [0.717, 1.165) is 24.3 Å². The Kier molecular flexibility index (Phi) is 9.89. The first-order valence-corrected chi connectivity index (χ1v) is 11.9. The van der Waals surface area contributed by atoms with E-state index < -0.39 is 18.3 Å². The lowest BCUT2D eigenvalue weighted by Gasteiger charge is -2.32. The van der Waals surface area contributed by atoms with Gasteiger partial charge in [0.05, 0.1) is 30.8 Å². The van der Waals surface area contributed by atoms with Crippen molar-refractivity contribution in [3.8, 4) is 5.75 Å². The van der Waals surface area contributed by atoms with Gasteiger partial charge in [-0.3, -0.25) is 4.79 Å². The van der Waals surface area contributed by atoms with E-state index in [4.69, 9.17) is 18.8 Å². The van der Waals surface area contributed by atoms with Crippen LogP contribution in [0.3, 0.4) is 0 Å². The fourth-order valence-corrected chi connectivity index (χ4v) is 3.71. The third-order valence-corrected chi connectivity index (χ3v) is 6.37. The lowest BCUT2D eigenvalue weighted by molar-refractivity contribution is -0.143. The van der Waals surface area contributed by atoms with E-state index >= 15 is 0 Å². The molecule has 1 heterocycles. The van der Waals surface area contributed by atoms with Crippen molar-refractivity contribution < 1.29 is 23.6 Å². The average molecular weight is 432 g/mol. The molecular weight excluding hydrogens is 391 g/mol. The molecule has 0 amide bonds. The lowest BCUT2D eigenvalue weighted by atomic mass is 9.66. The highest BCUT2D eigenvalue weighted by molar-refractivity contribution is 6.48. The highest BCUT2D eigenvalue weighted by Gasteiger charge is 2.54. The standard InChI is InChI=1S/C25H41BO5/c1-7-9-10-11-12-13-18-29-21-16-14-20(15-17-21)22(19-23(27)28-8-2)26-30-24(3,4)25(5,6)31-26/h14-17,22H,7-13,18-19H2,1-6H3. The van der Waals surface area contributed by atoms with Crippen molar-refractivity contribution in [1.82, 2.24) is 0 Å². The summed E-state index contributed by atoms with van der Waals surface area (Å²) < 4.78 is 23.6. The molecule has 1 saturated heterocycles. The van der Waals surface area contributed by atoms with Crippen molar-refractivity contribution in [2.24, 2.45) is 0 Å². The van der Waals surface area contributed by atoms with Crippen molar-refractivity contribution in [2.45, 2.75) is 104 Å². The van der Waals surface area contributed by atoms with E-state index in [1.165, 1.54) is 32.1 Å². The highest BCUT2D eigenvalue weighted by Crippen LogP contribution is 2.42. The molecule has 0 bridgehead atoms. The number of rotatable bonds is 13. The van der Waals surface area contributed by atoms with Gasteiger partial charge >= 0.3 is 13.1 Å². The summed E-state index contributed by atoms with van der Waals surface area (Å²) in [6.45, 7) is 13.2. The molecule has 1 aliphatic rings. The Bertz CT molecular complexity index is 655. The maximum Gasteiger partial charge on any atom is 0.466 e. The number of hydrogen-bond acceptors (Lipinski definition) is 5. The summed E-state index contributed by atoms with van der Waals surface area (Å²) in [7, 11) is -0.510. The first-order valence-electron chi connectivity index (χ1n) is 11.9. The van der Waals surface area contributed by atoms with Gasteiger partial charge in [-0.05, 0) is 58.7 Å². The molecule has 31 heavy (non-hydrogen) atoms. The predicted molar refractivity (Wildman–Crippen MR) is 125 cm³/mol. The van der Waals surface area contributed by atoms with Crippen LogP contribution in [0.15, 0.2) is 24.3 Å². The molecule has 0 spiro atoms. The maximum atomic E-state index is 12.3. The second-order valence-electron chi connectivity index (χ2n) is 9.43. The Hall–Kier alpha value is -1.53. The molecule has 1 aromatic rings. The molecular formula is C25H41BO5. The molecule has 6 heteroatoms. The Morgan fingerprint density at radius 3 is 2.10 bits per heavy atom. The summed E-state index contributed by atoms with van der Waals surface area (Å²) in [4.78, 5) is 12.3. The van der Waals surface area contributed by atoms with Crippen LogP contribution in [-0.2, 0) is 18.8 Å². The fraction of sp³-hybridized carbons (Fsp3) is 0.720. The number of hydrogen-bond donors (Lipinski definition) is 0. The molecule has 1 unspecified atom stereocenters. The summed E-state index contributed by atoms with van der Waals surface area (Å²) in [5.41, 5.74) is 0.0775. The molecule has 0 N–H and O–H groups in total. The van der Waals surface area contributed by atoms with E-state index in [9.17, 15) is 4.79 Å². The van der Waals surface area contributed by atoms with Gasteiger partial charge in [-0.2, -0.15) is 0 Å². The number of benzene rings is 1. The second kappa shape index (κ2) is 11.9. The van der Waals surface area contributed by atoms with Crippen LogP contribution in [0.5, 0.6) is 5.75 Å². The largest absolute Gasteiger partial charge is 0.494 e. The van der Waals surface area contributed by atoms with Gasteiger partial charge in [0.1, 0.15) is 5.75 Å². The second-order valence-corrected chi connectivity index (χ2v) is 9.43. The summed E-state index contributed by atoms with van der Waals surface area (Å²) in [5, 5.41) is 0. The number of esters is 1. The zero-order valence-electron chi connectivity index (χ0n) is 20.4. The van der Waals surface area contributed by atoms with Gasteiger partial charge in [0.15, 0.2) is 0 Å². The van der Waals surface area contributed by atoms with Gasteiger partial charge in [-0.15, -0.1) is 0 Å². The zero-order valence-corrected chi connectivity index (χ0v) is 20.4. The Morgan fingerprint density at radius 2 is 1.52 bits per heavy atom. The monoisotopic (exact) mass is 432 g/mol. The number of carbonyl (C=O) groups excluding carboxylic acids is 1. The summed E-state index contributed by atoms with van der Waals surface area (Å²) in [6, 6.07) is 7.95. The van der Waals surface area contributed by atoms with Crippen molar-refractivity contribution in [2.75, 3.05) is 13.2 Å². The lowest BCUT2D eigenvalue weighted by Crippen LogP contribution is -2.41. The van der Waals surface area contributed by atoms with Gasteiger partial charge in [-0.1, -0.05) is 51.2 Å². The van der Waals surface area contributed by atoms with Crippen molar-refractivity contribution in [3.05, 3.63) is 29.8 Å². The summed E-state index contributed by atoms with van der Waals surface area (Å²) in [5.74, 6) is 0.361. The molecule has 0 aromatic heterocycles. The minimum Gasteiger partial charge on any atom is -0.494 e. The predicted octanol–water partition coefficient (Wildman–Crippen LogP) is 6.09. The van der Waals surface area contributed by atoms with Crippen LogP contribution in [-0.4, -0.2) is 37.5 Å². The minimum absolute atomic E-state index is 0.211. The third-order valence-electron chi connectivity index (χ3n) is 6.37. The Labute approximate surface area is 189 Å². The fourth-order valence-electron chi connectivity index (χ4n) is 3.71. The minimum atomic E-state index is -0.510. The van der Waals surface area contributed by atoms with Crippen LogP contribution in [0.4, 0.5) is 0 Å². The zero-order chi connectivity index (χ0) is 22.9. The molecule has 0 saturated carbocycles. The molecule has 1 aromatic carbocycles. The average Bonchev–Trinajstić information content (AvgIpc) is 2.93. The topological polar surface area (TPSA) is 54.0 Å². The number of ether oxygens (including phenoxy) is 2. The van der Waals surface area contributed by atoms with Gasteiger partial charge in [0.25, 0.3) is 0 Å². The highest BCUT2D eigenvalue weighted by atomic mass is 16.7. The van der Waals surface area contributed by atoms with Crippen LogP contribution in [0, 0.1) is 0 Å². The molecule has 0 radical (unpaired) electrons. The van der Waals surface area contributed by atoms with Crippen LogP contribution < -0.4 is 4.74 Å². The Morgan fingerprint density at radius 1 is 0.935 bits per heavy atom. The van der Waals surface area contributed by atoms with Crippen molar-refractivity contribution in [3.63, 3.8) is 0 Å². The van der Waals surface area contributed by atoms with E-state index in [1.807, 2.05) is 58.9 Å². The van der Waals surface area contributed by atoms with E-state index in [2.05, 4.69) is 6.92 Å². The van der Waals surface area contributed by atoms with E-state index in [-0.39, 0.29) is 18.2 Å². The molecule has 1 fully saturated rings. The van der Waals surface area contributed by atoms with E-state index in [1.54, 1.807) is 0 Å². The SMILES string of the molecule is CCCCCCCCOc1ccc(C(CC(=O)OCC)B2OC(C)(C)C(C)(C)O2)cc1. The normalized spacial score (nSPS) is 18.1. The van der Waals surface area contributed by atoms with Gasteiger partial charge in [0, 0.05) is 5.82 Å². The Balaban J connectivity index is 1.99. The number of carbonyl (C=O) groups is 1. The smallest absolute Gasteiger partial charge is 0.466 e. The molecule has 174 valence electrons. The summed E-state index contributed by atoms with van der Waals surface area (Å²) >= 11 is 0. The van der Waals surface area contributed by atoms with Crippen LogP contribution in [0.2, 0.25) is 0 Å². The third kappa shape index (κ3) is 7.53. The molecule has 5 nitrogen and oxygen atoms in total. The molecule has 2 rings (SSSR count). The quantitative estimate of drug-likeness (QED) is 0.214. The molecule has 0 aliphatic carbocycles. The summed E-state index contributed by atoms with van der Waals surface area (Å²) in [6.07, 6.45) is 7.67. The van der Waals surface area contributed by atoms with Crippen molar-refractivity contribution >= 4 is 13.1 Å².